The Labute approximate surface area is 186 Å². The summed E-state index contributed by atoms with van der Waals surface area (Å²) in [6, 6.07) is 14.1. The van der Waals surface area contributed by atoms with Gasteiger partial charge in [0.15, 0.2) is 5.69 Å². The van der Waals surface area contributed by atoms with Crippen LogP contribution in [-0.4, -0.2) is 60.2 Å². The summed E-state index contributed by atoms with van der Waals surface area (Å²) in [5, 5.41) is 23.8. The minimum Gasteiger partial charge on any atom is -0.476 e. The lowest BCUT2D eigenvalue weighted by molar-refractivity contribution is 0.0545. The summed E-state index contributed by atoms with van der Waals surface area (Å²) in [4.78, 5) is 27.3. The normalized spacial score (nSPS) is 18.2. The van der Waals surface area contributed by atoms with Gasteiger partial charge in [0.05, 0.1) is 34.0 Å². The summed E-state index contributed by atoms with van der Waals surface area (Å²) in [6.07, 6.45) is 0.725. The van der Waals surface area contributed by atoms with Crippen molar-refractivity contribution in [3.05, 3.63) is 65.4 Å². The van der Waals surface area contributed by atoms with Crippen LogP contribution in [0.2, 0.25) is 0 Å². The van der Waals surface area contributed by atoms with E-state index in [0.717, 1.165) is 0 Å². The van der Waals surface area contributed by atoms with E-state index >= 15 is 0 Å². The zero-order valence-corrected chi connectivity index (χ0v) is 17.9. The summed E-state index contributed by atoms with van der Waals surface area (Å²) >= 11 is 0. The van der Waals surface area contributed by atoms with Crippen LogP contribution in [-0.2, 0) is 16.6 Å². The van der Waals surface area contributed by atoms with Crippen LogP contribution >= 0.6 is 0 Å². The summed E-state index contributed by atoms with van der Waals surface area (Å²) in [5.41, 5.74) is 2.57. The minimum absolute atomic E-state index is 0.0721. The number of hydrogen-bond acceptors (Lipinski definition) is 5. The first-order valence-electron chi connectivity index (χ1n) is 10.3. The van der Waals surface area contributed by atoms with E-state index in [2.05, 4.69) is 5.10 Å². The lowest BCUT2D eigenvalue weighted by Gasteiger charge is -2.29. The third-order valence-electron chi connectivity index (χ3n) is 5.94. The maximum absolute atomic E-state index is 13.0. The molecule has 0 aliphatic carbocycles. The van der Waals surface area contributed by atoms with Crippen molar-refractivity contribution in [2.45, 2.75) is 29.6 Å². The van der Waals surface area contributed by atoms with E-state index in [1.54, 1.807) is 41.3 Å². The number of carbonyl (C=O) groups is 2. The van der Waals surface area contributed by atoms with Crippen molar-refractivity contribution in [2.75, 3.05) is 13.1 Å². The van der Waals surface area contributed by atoms with E-state index < -0.39 is 16.8 Å². The van der Waals surface area contributed by atoms with Crippen molar-refractivity contribution in [2.24, 2.45) is 0 Å². The highest BCUT2D eigenvalue weighted by Gasteiger charge is 2.32. The van der Waals surface area contributed by atoms with Crippen molar-refractivity contribution in [1.82, 2.24) is 14.7 Å². The molecule has 1 unspecified atom stereocenters. The smallest absolute Gasteiger partial charge is 0.356 e. The van der Waals surface area contributed by atoms with E-state index in [1.165, 1.54) is 4.68 Å². The SMILES string of the molecule is O=C(O)c1nn(-c2cccc(C(=O)N3CCC(O)CC3)c2)c2c1CS(=O)c1ccccc1-2. The van der Waals surface area contributed by atoms with Crippen LogP contribution in [0.1, 0.15) is 39.3 Å². The van der Waals surface area contributed by atoms with E-state index in [0.29, 0.717) is 58.9 Å². The largest absolute Gasteiger partial charge is 0.476 e. The molecular formula is C23H21N3O5S. The number of aromatic nitrogens is 2. The highest BCUT2D eigenvalue weighted by atomic mass is 32.2. The number of carboxylic acid groups (broad SMARTS) is 1. The van der Waals surface area contributed by atoms with Crippen molar-refractivity contribution >= 4 is 22.7 Å². The summed E-state index contributed by atoms with van der Waals surface area (Å²) in [6.45, 7) is 0.980. The Bertz CT molecular complexity index is 1260. The molecule has 1 saturated heterocycles. The zero-order valence-electron chi connectivity index (χ0n) is 17.1. The van der Waals surface area contributed by atoms with Gasteiger partial charge in [-0.2, -0.15) is 5.10 Å². The third-order valence-corrected chi connectivity index (χ3v) is 7.34. The average molecular weight is 452 g/mol. The fourth-order valence-electron chi connectivity index (χ4n) is 4.31. The Morgan fingerprint density at radius 2 is 1.81 bits per heavy atom. The first kappa shape index (κ1) is 20.6. The Hall–Kier alpha value is -3.30. The fraction of sp³-hybridized carbons (Fsp3) is 0.261. The quantitative estimate of drug-likeness (QED) is 0.633. The number of piperidine rings is 1. The number of hydrogen-bond donors (Lipinski definition) is 2. The van der Waals surface area contributed by atoms with Crippen LogP contribution < -0.4 is 0 Å². The standard InChI is InChI=1S/C23H21N3O5S/c27-16-8-10-25(11-9-16)22(28)14-4-3-5-15(12-14)26-21-17-6-1-2-7-19(17)32(31)13-18(21)20(24-26)23(29)30/h1-7,12,16,27H,8-11,13H2,(H,29,30). The van der Waals surface area contributed by atoms with E-state index in [-0.39, 0.29) is 23.5 Å². The predicted molar refractivity (Wildman–Crippen MR) is 117 cm³/mol. The molecule has 1 aromatic heterocycles. The van der Waals surface area contributed by atoms with Crippen molar-refractivity contribution in [1.29, 1.82) is 0 Å². The van der Waals surface area contributed by atoms with Gasteiger partial charge in [-0.3, -0.25) is 9.00 Å². The van der Waals surface area contributed by atoms with Gasteiger partial charge < -0.3 is 15.1 Å². The number of aliphatic hydroxyl groups is 1. The molecule has 2 N–H and O–H groups in total. The van der Waals surface area contributed by atoms with Gasteiger partial charge in [-0.25, -0.2) is 9.48 Å². The summed E-state index contributed by atoms with van der Waals surface area (Å²) in [5.74, 6) is -1.25. The number of amides is 1. The average Bonchev–Trinajstić information content (AvgIpc) is 3.19. The lowest BCUT2D eigenvalue weighted by atomic mass is 10.0. The number of carboxylic acids is 1. The minimum atomic E-state index is -1.36. The first-order chi connectivity index (χ1) is 15.4. The topological polar surface area (TPSA) is 113 Å². The van der Waals surface area contributed by atoms with E-state index in [1.807, 2.05) is 12.1 Å². The Balaban J connectivity index is 1.61. The number of fused-ring (bicyclic) bond motifs is 3. The van der Waals surface area contributed by atoms with Crippen LogP contribution in [0, 0.1) is 0 Å². The highest BCUT2D eigenvalue weighted by Crippen LogP contribution is 2.39. The van der Waals surface area contributed by atoms with Gasteiger partial charge in [-0.05, 0) is 37.1 Å². The Kier molecular flexibility index (Phi) is 5.15. The van der Waals surface area contributed by atoms with Crippen LogP contribution in [0.3, 0.4) is 0 Å². The molecule has 0 spiro atoms. The third kappa shape index (κ3) is 3.43. The molecule has 1 fully saturated rings. The molecule has 5 rings (SSSR count). The van der Waals surface area contributed by atoms with Gasteiger partial charge in [0, 0.05) is 34.7 Å². The van der Waals surface area contributed by atoms with Gasteiger partial charge in [0.2, 0.25) is 0 Å². The van der Waals surface area contributed by atoms with Crippen LogP contribution in [0.25, 0.3) is 16.9 Å². The monoisotopic (exact) mass is 451 g/mol. The summed E-state index contributed by atoms with van der Waals surface area (Å²) in [7, 11) is -1.36. The van der Waals surface area contributed by atoms with Gasteiger partial charge >= 0.3 is 5.97 Å². The number of likely N-dealkylation sites (tertiary alicyclic amines) is 1. The maximum Gasteiger partial charge on any atom is 0.356 e. The van der Waals surface area contributed by atoms with E-state index in [9.17, 15) is 24.0 Å². The molecule has 32 heavy (non-hydrogen) atoms. The van der Waals surface area contributed by atoms with Crippen molar-refractivity contribution in [3.63, 3.8) is 0 Å². The number of aromatic carboxylic acids is 1. The number of aliphatic hydroxyl groups excluding tert-OH is 1. The Morgan fingerprint density at radius 1 is 1.06 bits per heavy atom. The van der Waals surface area contributed by atoms with Crippen molar-refractivity contribution < 1.29 is 24.0 Å². The van der Waals surface area contributed by atoms with Crippen LogP contribution in [0.4, 0.5) is 0 Å². The van der Waals surface area contributed by atoms with E-state index in [4.69, 9.17) is 0 Å². The predicted octanol–water partition coefficient (Wildman–Crippen LogP) is 2.46. The summed E-state index contributed by atoms with van der Waals surface area (Å²) < 4.78 is 14.3. The molecular weight excluding hydrogens is 430 g/mol. The molecule has 2 aliphatic heterocycles. The molecule has 3 heterocycles. The second kappa shape index (κ2) is 7.99. The second-order valence-electron chi connectivity index (χ2n) is 7.95. The first-order valence-corrected chi connectivity index (χ1v) is 11.7. The Morgan fingerprint density at radius 3 is 2.56 bits per heavy atom. The van der Waals surface area contributed by atoms with Crippen LogP contribution in [0.15, 0.2) is 53.4 Å². The van der Waals surface area contributed by atoms with Crippen LogP contribution in [0.5, 0.6) is 0 Å². The molecule has 2 aliphatic rings. The molecule has 164 valence electrons. The van der Waals surface area contributed by atoms with Gasteiger partial charge in [0.1, 0.15) is 0 Å². The van der Waals surface area contributed by atoms with Gasteiger partial charge in [-0.1, -0.05) is 24.3 Å². The molecule has 1 amide bonds. The molecule has 0 bridgehead atoms. The molecule has 0 saturated carbocycles. The number of benzene rings is 2. The highest BCUT2D eigenvalue weighted by molar-refractivity contribution is 7.84. The number of rotatable bonds is 3. The molecule has 9 heteroatoms. The van der Waals surface area contributed by atoms with Gasteiger partial charge in [0.25, 0.3) is 5.91 Å². The maximum atomic E-state index is 13.0. The molecule has 8 nitrogen and oxygen atoms in total. The van der Waals surface area contributed by atoms with Crippen molar-refractivity contribution in [3.8, 4) is 16.9 Å². The lowest BCUT2D eigenvalue weighted by Crippen LogP contribution is -2.40. The fourth-order valence-corrected chi connectivity index (χ4v) is 5.65. The molecule has 3 aromatic rings. The molecule has 0 radical (unpaired) electrons. The number of nitrogens with zero attached hydrogens (tertiary/aromatic N) is 3. The molecule has 1 atom stereocenters. The molecule has 2 aromatic carbocycles. The van der Waals surface area contributed by atoms with Gasteiger partial charge in [-0.15, -0.1) is 0 Å². The second-order valence-corrected chi connectivity index (χ2v) is 9.37. The number of carbonyl (C=O) groups excluding carboxylic acids is 1. The zero-order chi connectivity index (χ0) is 22.4.